The van der Waals surface area contributed by atoms with Gasteiger partial charge in [0.25, 0.3) is 0 Å². The first-order valence-corrected chi connectivity index (χ1v) is 14.0. The highest BCUT2D eigenvalue weighted by Gasteiger charge is 2.28. The number of likely N-dealkylation sites (tertiary alicyclic amines) is 1. The number of hydrogen-bond donors (Lipinski definition) is 0. The summed E-state index contributed by atoms with van der Waals surface area (Å²) in [5.74, 6) is 0.622. The summed E-state index contributed by atoms with van der Waals surface area (Å²) in [7, 11) is -3.51. The van der Waals surface area contributed by atoms with Crippen LogP contribution in [0.2, 0.25) is 0 Å². The zero-order valence-electron chi connectivity index (χ0n) is 21.9. The lowest BCUT2D eigenvalue weighted by Crippen LogP contribution is -2.44. The molecule has 0 radical (unpaired) electrons. The normalized spacial score (nSPS) is 14.8. The number of carbonyl (C=O) groups excluding carboxylic acids is 1. The van der Waals surface area contributed by atoms with Crippen molar-refractivity contribution in [1.82, 2.24) is 4.90 Å². The van der Waals surface area contributed by atoms with Gasteiger partial charge in [0.15, 0.2) is 0 Å². The smallest absolute Gasteiger partial charge is 0.410 e. The quantitative estimate of drug-likeness (QED) is 0.469. The third-order valence-electron chi connectivity index (χ3n) is 5.82. The van der Waals surface area contributed by atoms with Crippen LogP contribution < -0.4 is 9.04 Å². The third-order valence-corrected chi connectivity index (χ3v) is 7.58. The molecule has 1 fully saturated rings. The van der Waals surface area contributed by atoms with Crippen LogP contribution >= 0.6 is 0 Å². The second-order valence-corrected chi connectivity index (χ2v) is 12.0. The fourth-order valence-electron chi connectivity index (χ4n) is 3.90. The molecule has 198 valence electrons. The molecule has 2 aromatic carbocycles. The Bertz CT molecular complexity index is 1240. The van der Waals surface area contributed by atoms with E-state index in [1.807, 2.05) is 26.8 Å². The molecule has 8 nitrogen and oxygen atoms in total. The predicted octanol–water partition coefficient (Wildman–Crippen LogP) is 5.21. The van der Waals surface area contributed by atoms with Crippen LogP contribution in [0.3, 0.4) is 0 Å². The maximum Gasteiger partial charge on any atom is 0.410 e. The Morgan fingerprint density at radius 3 is 2.43 bits per heavy atom. The van der Waals surface area contributed by atoms with Gasteiger partial charge in [0.05, 0.1) is 29.6 Å². The minimum atomic E-state index is -3.51. The fourth-order valence-corrected chi connectivity index (χ4v) is 4.97. The Morgan fingerprint density at radius 2 is 1.84 bits per heavy atom. The van der Waals surface area contributed by atoms with Gasteiger partial charge in [-0.15, -0.1) is 0 Å². The average Bonchev–Trinajstić information content (AvgIpc) is 2.86. The summed E-state index contributed by atoms with van der Waals surface area (Å²) in [4.78, 5) is 14.0. The number of anilines is 1. The van der Waals surface area contributed by atoms with Crippen molar-refractivity contribution in [2.24, 2.45) is 0 Å². The molecule has 37 heavy (non-hydrogen) atoms. The van der Waals surface area contributed by atoms with E-state index in [0.29, 0.717) is 42.9 Å². The number of sulfonamides is 1. The van der Waals surface area contributed by atoms with Crippen molar-refractivity contribution in [2.75, 3.05) is 29.7 Å². The number of carbonyl (C=O) groups is 1. The van der Waals surface area contributed by atoms with Crippen molar-refractivity contribution in [1.29, 1.82) is 5.26 Å². The summed E-state index contributed by atoms with van der Waals surface area (Å²) in [6.07, 6.45) is 4.61. The monoisotopic (exact) mass is 525 g/mol. The van der Waals surface area contributed by atoms with E-state index in [1.165, 1.54) is 4.31 Å². The molecular weight excluding hydrogens is 490 g/mol. The van der Waals surface area contributed by atoms with Gasteiger partial charge >= 0.3 is 6.09 Å². The van der Waals surface area contributed by atoms with Crippen molar-refractivity contribution in [3.8, 4) is 11.8 Å². The summed E-state index contributed by atoms with van der Waals surface area (Å²) in [6.45, 7) is 8.44. The molecule has 0 aromatic heterocycles. The highest BCUT2D eigenvalue weighted by atomic mass is 32.2. The number of ether oxygens (including phenoxy) is 2. The van der Waals surface area contributed by atoms with Gasteiger partial charge in [-0.2, -0.15) is 5.26 Å². The molecule has 1 aliphatic rings. The molecule has 0 saturated carbocycles. The molecule has 1 amide bonds. The van der Waals surface area contributed by atoms with Crippen molar-refractivity contribution in [3.63, 3.8) is 0 Å². The molecule has 1 saturated heterocycles. The molecule has 0 unspecified atom stereocenters. The van der Waals surface area contributed by atoms with Gasteiger partial charge in [0.2, 0.25) is 10.0 Å². The number of nitrogens with zero attached hydrogens (tertiary/aromatic N) is 3. The SMILES string of the molecule is CCS(=O)(=O)N(C/C=C/c1cccc(C#N)c1)c1ccc(OC2CCN(C(=O)OC(C)(C)C)CC2)cc1. The van der Waals surface area contributed by atoms with Gasteiger partial charge in [-0.1, -0.05) is 24.3 Å². The van der Waals surface area contributed by atoms with E-state index in [2.05, 4.69) is 6.07 Å². The van der Waals surface area contributed by atoms with E-state index in [0.717, 1.165) is 5.56 Å². The summed E-state index contributed by atoms with van der Waals surface area (Å²) in [5, 5.41) is 9.07. The van der Waals surface area contributed by atoms with E-state index < -0.39 is 15.6 Å². The van der Waals surface area contributed by atoms with Gasteiger partial charge in [0, 0.05) is 25.9 Å². The van der Waals surface area contributed by atoms with Crippen molar-refractivity contribution >= 4 is 27.9 Å². The molecule has 9 heteroatoms. The van der Waals surface area contributed by atoms with Crippen LogP contribution in [0.4, 0.5) is 10.5 Å². The van der Waals surface area contributed by atoms with Gasteiger partial charge in [0.1, 0.15) is 17.5 Å². The number of rotatable bonds is 8. The van der Waals surface area contributed by atoms with Gasteiger partial charge in [-0.3, -0.25) is 4.31 Å². The molecule has 0 spiro atoms. The minimum absolute atomic E-state index is 0.0285. The summed E-state index contributed by atoms with van der Waals surface area (Å²) < 4.78 is 38.5. The minimum Gasteiger partial charge on any atom is -0.490 e. The number of hydrogen-bond acceptors (Lipinski definition) is 6. The highest BCUT2D eigenvalue weighted by Crippen LogP contribution is 2.25. The Hall–Kier alpha value is -3.51. The first-order chi connectivity index (χ1) is 17.5. The van der Waals surface area contributed by atoms with E-state index in [4.69, 9.17) is 14.7 Å². The Morgan fingerprint density at radius 1 is 1.16 bits per heavy atom. The summed E-state index contributed by atoms with van der Waals surface area (Å²) in [6, 6.07) is 16.2. The van der Waals surface area contributed by atoms with Crippen LogP contribution in [0.15, 0.2) is 54.6 Å². The second kappa shape index (κ2) is 12.2. The van der Waals surface area contributed by atoms with Crippen molar-refractivity contribution in [3.05, 3.63) is 65.7 Å². The van der Waals surface area contributed by atoms with E-state index in [1.54, 1.807) is 66.4 Å². The Kier molecular flexibility index (Phi) is 9.22. The molecule has 3 rings (SSSR count). The topological polar surface area (TPSA) is 99.9 Å². The van der Waals surface area contributed by atoms with E-state index in [9.17, 15) is 13.2 Å². The molecule has 2 aromatic rings. The van der Waals surface area contributed by atoms with Gasteiger partial charge in [-0.05, 0) is 69.7 Å². The fraction of sp³-hybridized carbons (Fsp3) is 0.429. The molecule has 0 bridgehead atoms. The predicted molar refractivity (Wildman–Crippen MR) is 145 cm³/mol. The number of piperidine rings is 1. The average molecular weight is 526 g/mol. The highest BCUT2D eigenvalue weighted by molar-refractivity contribution is 7.92. The first-order valence-electron chi connectivity index (χ1n) is 12.4. The second-order valence-electron chi connectivity index (χ2n) is 9.85. The van der Waals surface area contributed by atoms with Crippen LogP contribution in [0.1, 0.15) is 51.7 Å². The third kappa shape index (κ3) is 8.25. The lowest BCUT2D eigenvalue weighted by atomic mass is 10.1. The van der Waals surface area contributed by atoms with Crippen molar-refractivity contribution in [2.45, 2.75) is 52.2 Å². The number of nitriles is 1. The van der Waals surface area contributed by atoms with Crippen LogP contribution in [0.5, 0.6) is 5.75 Å². The Labute approximate surface area is 220 Å². The zero-order valence-corrected chi connectivity index (χ0v) is 22.7. The molecular formula is C28H35N3O5S. The van der Waals surface area contributed by atoms with E-state index >= 15 is 0 Å². The first kappa shape index (κ1) is 28.1. The lowest BCUT2D eigenvalue weighted by molar-refractivity contribution is 0.0126. The molecule has 1 aliphatic heterocycles. The largest absolute Gasteiger partial charge is 0.490 e. The maximum atomic E-state index is 12.8. The van der Waals surface area contributed by atoms with Crippen LogP contribution in [-0.4, -0.2) is 56.5 Å². The van der Waals surface area contributed by atoms with E-state index in [-0.39, 0.29) is 24.5 Å². The maximum absolute atomic E-state index is 12.8. The Balaban J connectivity index is 1.62. The molecule has 0 aliphatic carbocycles. The van der Waals surface area contributed by atoms with Crippen LogP contribution in [0.25, 0.3) is 6.08 Å². The molecule has 1 heterocycles. The zero-order chi connectivity index (χ0) is 27.1. The lowest BCUT2D eigenvalue weighted by Gasteiger charge is -2.33. The van der Waals surface area contributed by atoms with Crippen LogP contribution in [-0.2, 0) is 14.8 Å². The van der Waals surface area contributed by atoms with Crippen molar-refractivity contribution < 1.29 is 22.7 Å². The molecule has 0 N–H and O–H groups in total. The molecule has 0 atom stereocenters. The standard InChI is InChI=1S/C28H35N3O5S/c1-5-37(33,34)31(17-7-10-22-8-6-9-23(20-22)21-29)24-11-13-25(14-12-24)35-26-15-18-30(19-16-26)27(32)36-28(2,3)4/h6-14,20,26H,5,15-19H2,1-4H3/b10-7+. The summed E-state index contributed by atoms with van der Waals surface area (Å²) >= 11 is 0. The van der Waals surface area contributed by atoms with Gasteiger partial charge in [-0.25, -0.2) is 13.2 Å². The number of benzene rings is 2. The number of amides is 1. The van der Waals surface area contributed by atoms with Gasteiger partial charge < -0.3 is 14.4 Å². The van der Waals surface area contributed by atoms with Crippen LogP contribution in [0, 0.1) is 11.3 Å². The summed E-state index contributed by atoms with van der Waals surface area (Å²) in [5.41, 5.74) is 1.40.